The predicted molar refractivity (Wildman–Crippen MR) is 125 cm³/mol. The van der Waals surface area contributed by atoms with Crippen LogP contribution in [-0.2, 0) is 11.3 Å². The number of hydrogen-bond donors (Lipinski definition) is 1. The van der Waals surface area contributed by atoms with E-state index in [1.807, 2.05) is 66.1 Å². The van der Waals surface area contributed by atoms with E-state index in [0.29, 0.717) is 30.2 Å². The second-order valence-corrected chi connectivity index (χ2v) is 7.88. The molecule has 166 valence electrons. The summed E-state index contributed by atoms with van der Waals surface area (Å²) in [6.07, 6.45) is 0.293. The van der Waals surface area contributed by atoms with Crippen LogP contribution in [0.25, 0.3) is 11.4 Å². The summed E-state index contributed by atoms with van der Waals surface area (Å²) in [5.41, 5.74) is 4.16. The van der Waals surface area contributed by atoms with Gasteiger partial charge in [-0.25, -0.2) is 4.98 Å². The zero-order valence-corrected chi connectivity index (χ0v) is 18.8. The molecule has 1 aromatic heterocycles. The van der Waals surface area contributed by atoms with Crippen molar-refractivity contribution in [3.63, 3.8) is 0 Å². The molecule has 2 aromatic carbocycles. The number of carbonyl (C=O) groups is 2. The summed E-state index contributed by atoms with van der Waals surface area (Å²) in [7, 11) is 0. The van der Waals surface area contributed by atoms with Crippen molar-refractivity contribution in [2.75, 3.05) is 13.2 Å². The van der Waals surface area contributed by atoms with Gasteiger partial charge in [0, 0.05) is 30.8 Å². The molecule has 0 aliphatic carbocycles. The third kappa shape index (κ3) is 4.86. The molecule has 0 bridgehead atoms. The van der Waals surface area contributed by atoms with Crippen LogP contribution in [0.2, 0.25) is 0 Å². The van der Waals surface area contributed by atoms with E-state index in [1.54, 1.807) is 13.8 Å². The molecular formula is C26H29N3O3. The molecule has 3 rings (SSSR count). The minimum atomic E-state index is -0.451. The largest absolute Gasteiger partial charge is 0.396 e. The zero-order valence-electron chi connectivity index (χ0n) is 18.8. The molecule has 0 spiro atoms. The van der Waals surface area contributed by atoms with Crippen LogP contribution < -0.4 is 0 Å². The summed E-state index contributed by atoms with van der Waals surface area (Å²) in [4.78, 5) is 32.4. The number of hydrogen-bond acceptors (Lipinski definition) is 4. The van der Waals surface area contributed by atoms with Crippen LogP contribution in [0.4, 0.5) is 0 Å². The van der Waals surface area contributed by atoms with Crippen LogP contribution in [0, 0.1) is 13.8 Å². The molecule has 0 fully saturated rings. The van der Waals surface area contributed by atoms with Gasteiger partial charge in [0.1, 0.15) is 11.5 Å². The van der Waals surface area contributed by atoms with Gasteiger partial charge in [-0.05, 0) is 38.3 Å². The number of nitrogens with zero attached hydrogens (tertiary/aromatic N) is 3. The van der Waals surface area contributed by atoms with E-state index in [2.05, 4.69) is 6.58 Å². The van der Waals surface area contributed by atoms with Gasteiger partial charge in [-0.2, -0.15) is 0 Å². The number of aliphatic hydroxyl groups is 1. The van der Waals surface area contributed by atoms with Crippen molar-refractivity contribution < 1.29 is 14.7 Å². The fraction of sp³-hybridized carbons (Fsp3) is 0.269. The third-order valence-corrected chi connectivity index (χ3v) is 5.31. The maximum atomic E-state index is 13.7. The third-order valence-electron chi connectivity index (χ3n) is 5.31. The number of imide groups is 1. The van der Waals surface area contributed by atoms with Gasteiger partial charge in [-0.3, -0.25) is 14.5 Å². The number of carbonyl (C=O) groups excluding carboxylic acids is 2. The lowest BCUT2D eigenvalue weighted by Gasteiger charge is -2.22. The summed E-state index contributed by atoms with van der Waals surface area (Å²) in [5.74, 6) is -0.211. The van der Waals surface area contributed by atoms with Gasteiger partial charge in [0.2, 0.25) is 0 Å². The van der Waals surface area contributed by atoms with Crippen LogP contribution in [0.3, 0.4) is 0 Å². The molecule has 0 radical (unpaired) electrons. The molecule has 1 heterocycles. The van der Waals surface area contributed by atoms with Crippen LogP contribution >= 0.6 is 0 Å². The Labute approximate surface area is 188 Å². The Hall–Kier alpha value is -3.51. The topological polar surface area (TPSA) is 75.4 Å². The predicted octanol–water partition coefficient (Wildman–Crippen LogP) is 4.14. The first-order valence-electron chi connectivity index (χ1n) is 10.6. The standard InChI is InChI=1S/C26H29N3O3/c1-18(2)25(31)28(15-10-16-30)26(32)23-20(4)27-24(22-14-9-8-11-19(22)3)29(23)17-21-12-6-5-7-13-21/h5-9,11-14,30H,1,10,15-17H2,2-4H3. The Morgan fingerprint density at radius 1 is 1.06 bits per heavy atom. The fourth-order valence-corrected chi connectivity index (χ4v) is 3.68. The Kier molecular flexibility index (Phi) is 7.38. The fourth-order valence-electron chi connectivity index (χ4n) is 3.68. The number of rotatable bonds is 8. The number of benzene rings is 2. The maximum Gasteiger partial charge on any atom is 0.279 e. The van der Waals surface area contributed by atoms with E-state index >= 15 is 0 Å². The number of amides is 2. The summed E-state index contributed by atoms with van der Waals surface area (Å²) in [6, 6.07) is 17.7. The highest BCUT2D eigenvalue weighted by molar-refractivity contribution is 6.09. The van der Waals surface area contributed by atoms with Crippen molar-refractivity contribution >= 4 is 11.8 Å². The molecule has 0 aliphatic heterocycles. The molecular weight excluding hydrogens is 402 g/mol. The van der Waals surface area contributed by atoms with E-state index < -0.39 is 11.8 Å². The Bertz CT molecular complexity index is 1130. The SMILES string of the molecule is C=C(C)C(=O)N(CCCO)C(=O)c1c(C)nc(-c2ccccc2C)n1Cc1ccccc1. The van der Waals surface area contributed by atoms with Gasteiger partial charge in [-0.15, -0.1) is 0 Å². The Balaban J connectivity index is 2.17. The van der Waals surface area contributed by atoms with Crippen molar-refractivity contribution in [2.24, 2.45) is 0 Å². The summed E-state index contributed by atoms with van der Waals surface area (Å²) in [5, 5.41) is 9.29. The zero-order chi connectivity index (χ0) is 23.3. The molecule has 6 heteroatoms. The molecule has 0 saturated heterocycles. The quantitative estimate of drug-likeness (QED) is 0.544. The number of aryl methyl sites for hydroxylation is 2. The molecule has 0 unspecified atom stereocenters. The minimum Gasteiger partial charge on any atom is -0.396 e. The lowest BCUT2D eigenvalue weighted by molar-refractivity contribution is -0.124. The second-order valence-electron chi connectivity index (χ2n) is 7.88. The highest BCUT2D eigenvalue weighted by Crippen LogP contribution is 2.27. The Morgan fingerprint density at radius 3 is 2.34 bits per heavy atom. The van der Waals surface area contributed by atoms with Crippen LogP contribution in [0.1, 0.15) is 40.7 Å². The second kappa shape index (κ2) is 10.2. The molecule has 6 nitrogen and oxygen atoms in total. The van der Waals surface area contributed by atoms with Crippen molar-refractivity contribution in [3.05, 3.63) is 89.3 Å². The summed E-state index contributed by atoms with van der Waals surface area (Å²) in [6.45, 7) is 9.49. The number of aliphatic hydroxyl groups excluding tert-OH is 1. The first-order valence-corrected chi connectivity index (χ1v) is 10.6. The normalized spacial score (nSPS) is 10.8. The number of aromatic nitrogens is 2. The van der Waals surface area contributed by atoms with Crippen molar-refractivity contribution in [1.82, 2.24) is 14.5 Å². The first-order chi connectivity index (χ1) is 15.3. The lowest BCUT2D eigenvalue weighted by Crippen LogP contribution is -2.39. The van der Waals surface area contributed by atoms with E-state index in [4.69, 9.17) is 4.98 Å². The highest BCUT2D eigenvalue weighted by atomic mass is 16.3. The maximum absolute atomic E-state index is 13.7. The van der Waals surface area contributed by atoms with E-state index in [0.717, 1.165) is 21.6 Å². The van der Waals surface area contributed by atoms with Crippen LogP contribution in [0.15, 0.2) is 66.7 Å². The van der Waals surface area contributed by atoms with Gasteiger partial charge in [0.05, 0.1) is 5.69 Å². The van der Waals surface area contributed by atoms with Crippen LogP contribution in [0.5, 0.6) is 0 Å². The summed E-state index contributed by atoms with van der Waals surface area (Å²) < 4.78 is 1.88. The average Bonchev–Trinajstić information content (AvgIpc) is 3.10. The molecule has 0 atom stereocenters. The van der Waals surface area contributed by atoms with Crippen molar-refractivity contribution in [3.8, 4) is 11.4 Å². The van der Waals surface area contributed by atoms with Gasteiger partial charge in [0.25, 0.3) is 11.8 Å². The van der Waals surface area contributed by atoms with Crippen molar-refractivity contribution in [1.29, 1.82) is 0 Å². The highest BCUT2D eigenvalue weighted by Gasteiger charge is 2.29. The van der Waals surface area contributed by atoms with Gasteiger partial charge in [-0.1, -0.05) is 61.2 Å². The monoisotopic (exact) mass is 431 g/mol. The van der Waals surface area contributed by atoms with Gasteiger partial charge >= 0.3 is 0 Å². The van der Waals surface area contributed by atoms with Gasteiger partial charge in [0.15, 0.2) is 0 Å². The average molecular weight is 432 g/mol. The molecule has 0 saturated carbocycles. The summed E-state index contributed by atoms with van der Waals surface area (Å²) >= 11 is 0. The van der Waals surface area contributed by atoms with Crippen molar-refractivity contribution in [2.45, 2.75) is 33.7 Å². The molecule has 32 heavy (non-hydrogen) atoms. The number of imidazole rings is 1. The molecule has 2 amide bonds. The smallest absolute Gasteiger partial charge is 0.279 e. The Morgan fingerprint density at radius 2 is 1.72 bits per heavy atom. The van der Waals surface area contributed by atoms with E-state index in [-0.39, 0.29) is 18.7 Å². The molecule has 0 aliphatic rings. The van der Waals surface area contributed by atoms with Gasteiger partial charge < -0.3 is 9.67 Å². The minimum absolute atomic E-state index is 0.108. The lowest BCUT2D eigenvalue weighted by atomic mass is 10.1. The first kappa shape index (κ1) is 23.2. The van der Waals surface area contributed by atoms with Crippen LogP contribution in [-0.4, -0.2) is 44.5 Å². The molecule has 3 aromatic rings. The van der Waals surface area contributed by atoms with E-state index in [9.17, 15) is 14.7 Å². The van der Waals surface area contributed by atoms with E-state index in [1.165, 1.54) is 0 Å². The molecule has 1 N–H and O–H groups in total.